The third-order valence-corrected chi connectivity index (χ3v) is 4.16. The van der Waals surface area contributed by atoms with Crippen molar-refractivity contribution in [2.75, 3.05) is 13.2 Å². The van der Waals surface area contributed by atoms with Crippen molar-refractivity contribution in [3.8, 4) is 11.5 Å². The van der Waals surface area contributed by atoms with E-state index in [1.807, 2.05) is 19.9 Å². The van der Waals surface area contributed by atoms with Crippen LogP contribution in [-0.2, 0) is 11.2 Å². The fourth-order valence-corrected chi connectivity index (χ4v) is 3.05. The molecule has 0 saturated carbocycles. The lowest BCUT2D eigenvalue weighted by atomic mass is 9.91. The molecule has 6 heteroatoms. The molecule has 0 amide bonds. The van der Waals surface area contributed by atoms with Gasteiger partial charge in [-0.05, 0) is 24.0 Å². The zero-order valence-electron chi connectivity index (χ0n) is 12.2. The predicted octanol–water partition coefficient (Wildman–Crippen LogP) is 2.69. The van der Waals surface area contributed by atoms with Gasteiger partial charge < -0.3 is 20.3 Å². The largest absolute Gasteiger partial charge is 0.490 e. The number of nitrogens with two attached hydrogens (primary N) is 1. The van der Waals surface area contributed by atoms with Gasteiger partial charge in [-0.15, -0.1) is 0 Å². The average Bonchev–Trinajstić information content (AvgIpc) is 2.63. The summed E-state index contributed by atoms with van der Waals surface area (Å²) in [5, 5.41) is 9.05. The molecule has 2 rings (SSSR count). The number of carboxylic acids is 1. The molecule has 0 spiro atoms. The lowest BCUT2D eigenvalue weighted by Crippen LogP contribution is -2.32. The Bertz CT molecular complexity index is 545. The summed E-state index contributed by atoms with van der Waals surface area (Å²) in [6.07, 6.45) is 1.08. The summed E-state index contributed by atoms with van der Waals surface area (Å²) >= 11 is 3.51. The molecule has 5 nitrogen and oxygen atoms in total. The quantitative estimate of drug-likeness (QED) is 0.865. The number of halogens is 1. The molecule has 0 saturated heterocycles. The van der Waals surface area contributed by atoms with Crippen molar-refractivity contribution < 1.29 is 19.4 Å². The van der Waals surface area contributed by atoms with E-state index in [2.05, 4.69) is 15.9 Å². The van der Waals surface area contributed by atoms with E-state index >= 15 is 0 Å². The van der Waals surface area contributed by atoms with Crippen molar-refractivity contribution >= 4 is 21.9 Å². The van der Waals surface area contributed by atoms with Crippen LogP contribution < -0.4 is 15.2 Å². The zero-order valence-corrected chi connectivity index (χ0v) is 13.8. The minimum absolute atomic E-state index is 0.175. The van der Waals surface area contributed by atoms with Gasteiger partial charge in [-0.1, -0.05) is 29.8 Å². The normalized spacial score (nSPS) is 15.7. The van der Waals surface area contributed by atoms with Gasteiger partial charge in [0.2, 0.25) is 0 Å². The monoisotopic (exact) mass is 357 g/mol. The minimum atomic E-state index is -1.01. The van der Waals surface area contributed by atoms with Gasteiger partial charge >= 0.3 is 5.97 Å². The first-order valence-electron chi connectivity index (χ1n) is 7.01. The molecule has 1 aromatic rings. The van der Waals surface area contributed by atoms with Crippen molar-refractivity contribution in [2.45, 2.75) is 38.6 Å². The second kappa shape index (κ2) is 6.66. The van der Waals surface area contributed by atoms with Crippen LogP contribution in [0.25, 0.3) is 0 Å². The SMILES string of the molecule is CC(C)c1c(CC(N)C(=O)O)c(Br)cc2c1OCCCO2. The first-order chi connectivity index (χ1) is 9.91. The molecule has 0 aromatic heterocycles. The van der Waals surface area contributed by atoms with Crippen LogP contribution in [0.15, 0.2) is 10.5 Å². The molecule has 116 valence electrons. The van der Waals surface area contributed by atoms with Crippen LogP contribution in [0.5, 0.6) is 11.5 Å². The van der Waals surface area contributed by atoms with E-state index in [1.165, 1.54) is 0 Å². The highest BCUT2D eigenvalue weighted by atomic mass is 79.9. The molecule has 1 aliphatic heterocycles. The minimum Gasteiger partial charge on any atom is -0.490 e. The van der Waals surface area contributed by atoms with E-state index in [0.29, 0.717) is 19.0 Å². The van der Waals surface area contributed by atoms with E-state index in [1.54, 1.807) is 0 Å². The number of hydrogen-bond acceptors (Lipinski definition) is 4. The first-order valence-corrected chi connectivity index (χ1v) is 7.80. The standard InChI is InChI=1S/C15H20BrNO4/c1-8(2)13-9(6-11(17)15(18)19)10(16)7-12-14(13)21-5-3-4-20-12/h7-8,11H,3-6,17H2,1-2H3,(H,18,19). The maximum Gasteiger partial charge on any atom is 0.320 e. The number of benzene rings is 1. The number of fused-ring (bicyclic) bond motifs is 1. The van der Waals surface area contributed by atoms with Crippen molar-refractivity contribution in [1.29, 1.82) is 0 Å². The highest BCUT2D eigenvalue weighted by molar-refractivity contribution is 9.10. The van der Waals surface area contributed by atoms with Crippen molar-refractivity contribution in [1.82, 2.24) is 0 Å². The molecule has 21 heavy (non-hydrogen) atoms. The Kier molecular flexibility index (Phi) is 5.11. The van der Waals surface area contributed by atoms with Gasteiger partial charge in [-0.3, -0.25) is 4.79 Å². The van der Waals surface area contributed by atoms with Gasteiger partial charge in [0, 0.05) is 16.5 Å². The molecule has 0 bridgehead atoms. The number of ether oxygens (including phenoxy) is 2. The summed E-state index contributed by atoms with van der Waals surface area (Å²) < 4.78 is 12.4. The summed E-state index contributed by atoms with van der Waals surface area (Å²) in [5.74, 6) is 0.590. The smallest absolute Gasteiger partial charge is 0.320 e. The average molecular weight is 358 g/mol. The summed E-state index contributed by atoms with van der Waals surface area (Å²) in [6, 6.07) is 0.903. The summed E-state index contributed by atoms with van der Waals surface area (Å²) in [4.78, 5) is 11.0. The maximum absolute atomic E-state index is 11.0. The molecular weight excluding hydrogens is 338 g/mol. The fraction of sp³-hybridized carbons (Fsp3) is 0.533. The molecular formula is C15H20BrNO4. The number of hydrogen-bond donors (Lipinski definition) is 2. The molecule has 1 aromatic carbocycles. The summed E-state index contributed by atoms with van der Waals surface area (Å²) in [7, 11) is 0. The molecule has 3 N–H and O–H groups in total. The van der Waals surface area contributed by atoms with E-state index in [0.717, 1.165) is 27.8 Å². The Morgan fingerprint density at radius 3 is 2.71 bits per heavy atom. The van der Waals surface area contributed by atoms with Gasteiger partial charge in [0.25, 0.3) is 0 Å². The lowest BCUT2D eigenvalue weighted by molar-refractivity contribution is -0.138. The van der Waals surface area contributed by atoms with Crippen LogP contribution in [0.4, 0.5) is 0 Å². The molecule has 1 heterocycles. The van der Waals surface area contributed by atoms with Gasteiger partial charge in [-0.25, -0.2) is 0 Å². The Labute approximate surface area is 132 Å². The molecule has 1 aliphatic rings. The van der Waals surface area contributed by atoms with Gasteiger partial charge in [0.15, 0.2) is 11.5 Å². The Morgan fingerprint density at radius 1 is 1.43 bits per heavy atom. The topological polar surface area (TPSA) is 81.8 Å². The van der Waals surface area contributed by atoms with E-state index in [9.17, 15) is 4.79 Å². The number of carboxylic acid groups (broad SMARTS) is 1. The lowest BCUT2D eigenvalue weighted by Gasteiger charge is -2.22. The highest BCUT2D eigenvalue weighted by Gasteiger charge is 2.25. The second-order valence-electron chi connectivity index (χ2n) is 5.43. The maximum atomic E-state index is 11.0. The summed E-state index contributed by atoms with van der Waals surface area (Å²) in [5.41, 5.74) is 7.55. The Balaban J connectivity index is 2.53. The predicted molar refractivity (Wildman–Crippen MR) is 83.2 cm³/mol. The summed E-state index contributed by atoms with van der Waals surface area (Å²) in [6.45, 7) is 5.31. The second-order valence-corrected chi connectivity index (χ2v) is 6.29. The van der Waals surface area contributed by atoms with Crippen LogP contribution >= 0.6 is 15.9 Å². The molecule has 0 radical (unpaired) electrons. The number of carbonyl (C=O) groups is 1. The third kappa shape index (κ3) is 3.49. The van der Waals surface area contributed by atoms with Crippen LogP contribution in [0.3, 0.4) is 0 Å². The number of aliphatic carboxylic acids is 1. The van der Waals surface area contributed by atoms with Gasteiger partial charge in [-0.2, -0.15) is 0 Å². The van der Waals surface area contributed by atoms with Crippen LogP contribution in [0.2, 0.25) is 0 Å². The van der Waals surface area contributed by atoms with Crippen molar-refractivity contribution in [3.63, 3.8) is 0 Å². The van der Waals surface area contributed by atoms with Gasteiger partial charge in [0.05, 0.1) is 13.2 Å². The van der Waals surface area contributed by atoms with E-state index in [-0.39, 0.29) is 12.3 Å². The van der Waals surface area contributed by atoms with Crippen molar-refractivity contribution in [2.24, 2.45) is 5.73 Å². The first kappa shape index (κ1) is 16.1. The highest BCUT2D eigenvalue weighted by Crippen LogP contribution is 2.43. The molecule has 0 fully saturated rings. The Morgan fingerprint density at radius 2 is 2.10 bits per heavy atom. The van der Waals surface area contributed by atoms with E-state index in [4.69, 9.17) is 20.3 Å². The third-order valence-electron chi connectivity index (χ3n) is 3.45. The van der Waals surface area contributed by atoms with Crippen molar-refractivity contribution in [3.05, 3.63) is 21.7 Å². The van der Waals surface area contributed by atoms with E-state index < -0.39 is 12.0 Å². The van der Waals surface area contributed by atoms with Crippen LogP contribution in [-0.4, -0.2) is 30.3 Å². The van der Waals surface area contributed by atoms with Crippen LogP contribution in [0, 0.1) is 0 Å². The van der Waals surface area contributed by atoms with Gasteiger partial charge in [0.1, 0.15) is 6.04 Å². The van der Waals surface area contributed by atoms with Crippen LogP contribution in [0.1, 0.15) is 37.3 Å². The molecule has 0 aliphatic carbocycles. The molecule has 1 unspecified atom stereocenters. The Hall–Kier alpha value is -1.27. The molecule has 1 atom stereocenters. The zero-order chi connectivity index (χ0) is 15.6. The fourth-order valence-electron chi connectivity index (χ4n) is 2.46. The number of rotatable bonds is 4.